The Balaban J connectivity index is 0.00000261. The predicted molar refractivity (Wildman–Crippen MR) is 103 cm³/mol. The summed E-state index contributed by atoms with van der Waals surface area (Å²) in [6.45, 7) is 0. The number of hydrogen-bond donors (Lipinski definition) is 2. The average Bonchev–Trinajstić information content (AvgIpc) is 2.67. The fraction of sp³-hybridized carbons (Fsp3) is 0.0476. The van der Waals surface area contributed by atoms with Crippen LogP contribution in [0.1, 0.15) is 0 Å². The van der Waals surface area contributed by atoms with E-state index in [1.165, 1.54) is 0 Å². The van der Waals surface area contributed by atoms with Crippen molar-refractivity contribution in [1.82, 2.24) is 0 Å². The third-order valence-electron chi connectivity index (χ3n) is 4.35. The Morgan fingerprint density at radius 2 is 0.852 bits per heavy atom. The Bertz CT molecular complexity index is 791. The predicted octanol–water partition coefficient (Wildman–Crippen LogP) is -1.30. The minimum atomic E-state index is -3.86. The normalized spacial score (nSPS) is 10.9. The number of benzene rings is 3. The van der Waals surface area contributed by atoms with Crippen molar-refractivity contribution in [3.05, 3.63) is 91.0 Å². The summed E-state index contributed by atoms with van der Waals surface area (Å²) >= 11 is -3.86. The zero-order chi connectivity index (χ0) is 18.6. The van der Waals surface area contributed by atoms with Crippen molar-refractivity contribution in [1.29, 1.82) is 0 Å². The third kappa shape index (κ3) is 3.85. The van der Waals surface area contributed by atoms with Crippen LogP contribution < -0.4 is 30.0 Å². The van der Waals surface area contributed by atoms with Gasteiger partial charge in [-0.3, -0.25) is 0 Å². The van der Waals surface area contributed by atoms with Gasteiger partial charge in [-0.1, -0.05) is 0 Å². The van der Waals surface area contributed by atoms with Crippen molar-refractivity contribution in [3.8, 4) is 0 Å². The third-order valence-corrected chi connectivity index (χ3v) is 13.9. The summed E-state index contributed by atoms with van der Waals surface area (Å²) in [7, 11) is 0. The van der Waals surface area contributed by atoms with Gasteiger partial charge in [0.05, 0.1) is 0 Å². The van der Waals surface area contributed by atoms with Crippen LogP contribution in [0.2, 0.25) is 4.71 Å². The molecule has 0 unspecified atom stereocenters. The molecule has 3 rings (SSSR count). The number of carboxylic acid groups (broad SMARTS) is 2. The first kappa shape index (κ1) is 20.9. The van der Waals surface area contributed by atoms with Crippen LogP contribution in [0, 0.1) is 0 Å². The minimum Gasteiger partial charge on any atom is -1.00 e. The van der Waals surface area contributed by atoms with Crippen LogP contribution in [0.5, 0.6) is 0 Å². The van der Waals surface area contributed by atoms with Gasteiger partial charge in [0, 0.05) is 0 Å². The molecule has 27 heavy (non-hydrogen) atoms. The molecule has 0 saturated heterocycles. The number of rotatable bonds is 6. The van der Waals surface area contributed by atoms with Gasteiger partial charge in [-0.05, 0) is 0 Å². The molecule has 0 radical (unpaired) electrons. The number of halogens is 1. The van der Waals surface area contributed by atoms with Crippen molar-refractivity contribution in [2.45, 2.75) is 4.71 Å². The molecule has 0 aromatic heterocycles. The van der Waals surface area contributed by atoms with Crippen molar-refractivity contribution in [2.24, 2.45) is 0 Å². The molecule has 0 aliphatic carbocycles. The largest absolute Gasteiger partial charge is 1.00 e. The van der Waals surface area contributed by atoms with Gasteiger partial charge in [0.1, 0.15) is 0 Å². The summed E-state index contributed by atoms with van der Waals surface area (Å²) < 4.78 is 0.855. The molecule has 3 aromatic carbocycles. The molecule has 0 spiro atoms. The van der Waals surface area contributed by atoms with E-state index < -0.39 is 30.2 Å². The van der Waals surface area contributed by atoms with Crippen LogP contribution in [-0.2, 0) is 9.59 Å². The van der Waals surface area contributed by atoms with E-state index >= 15 is 0 Å². The number of aliphatic carboxylic acids is 2. The smallest absolute Gasteiger partial charge is 1.00 e. The standard InChI is InChI=1S/C21H17AsO4.BrH/c23-20(24)19(21(25)26)22(16-10-4-1-5-11-16,17-12-6-2-7-13-17)18-14-8-3-9-15-18;/h1-15,19H,(H-,23,24,25,26);1H. The van der Waals surface area contributed by atoms with Crippen molar-refractivity contribution >= 4 is 38.5 Å². The van der Waals surface area contributed by atoms with E-state index in [9.17, 15) is 19.8 Å². The Labute approximate surface area is 170 Å². The molecule has 0 saturated carbocycles. The fourth-order valence-electron chi connectivity index (χ4n) is 3.32. The van der Waals surface area contributed by atoms with E-state index in [4.69, 9.17) is 0 Å². The molecule has 0 fully saturated rings. The van der Waals surface area contributed by atoms with E-state index in [2.05, 4.69) is 0 Å². The first-order valence-electron chi connectivity index (χ1n) is 8.09. The van der Waals surface area contributed by atoms with Gasteiger partial charge in [-0.25, -0.2) is 0 Å². The van der Waals surface area contributed by atoms with Crippen LogP contribution >= 0.6 is 0 Å². The Kier molecular flexibility index (Phi) is 7.00. The summed E-state index contributed by atoms with van der Waals surface area (Å²) in [6.07, 6.45) is 0. The molecule has 6 heteroatoms. The first-order chi connectivity index (χ1) is 12.6. The first-order valence-corrected chi connectivity index (χ1v) is 12.0. The maximum absolute atomic E-state index is 12.2. The molecule has 0 atom stereocenters. The topological polar surface area (TPSA) is 74.6 Å². The molecule has 138 valence electrons. The van der Waals surface area contributed by atoms with Crippen LogP contribution in [0.3, 0.4) is 0 Å². The molecule has 2 N–H and O–H groups in total. The molecule has 0 bridgehead atoms. The van der Waals surface area contributed by atoms with Gasteiger partial charge in [0.15, 0.2) is 0 Å². The SMILES string of the molecule is O=C(O)C(C(=O)O)[As+](c1ccccc1)(c1ccccc1)c1ccccc1.[Br-]. The number of carbonyl (C=O) groups is 2. The van der Waals surface area contributed by atoms with E-state index in [0.717, 1.165) is 13.1 Å². The quantitative estimate of drug-likeness (QED) is 0.334. The maximum atomic E-state index is 12.2. The van der Waals surface area contributed by atoms with Gasteiger partial charge in [-0.2, -0.15) is 0 Å². The second kappa shape index (κ2) is 9.02. The molecule has 0 aliphatic heterocycles. The van der Waals surface area contributed by atoms with Crippen molar-refractivity contribution < 1.29 is 36.8 Å². The zero-order valence-electron chi connectivity index (χ0n) is 14.3. The molecular weight excluding hydrogens is 471 g/mol. The van der Waals surface area contributed by atoms with Gasteiger partial charge < -0.3 is 17.0 Å². The Morgan fingerprint density at radius 3 is 1.07 bits per heavy atom. The zero-order valence-corrected chi connectivity index (χ0v) is 17.7. The Hall–Kier alpha value is -2.36. The number of hydrogen-bond acceptors (Lipinski definition) is 2. The van der Waals surface area contributed by atoms with E-state index in [-0.39, 0.29) is 17.0 Å². The van der Waals surface area contributed by atoms with Gasteiger partial charge in [-0.15, -0.1) is 0 Å². The molecule has 0 amide bonds. The summed E-state index contributed by atoms with van der Waals surface area (Å²) in [5, 5.41) is 19.9. The van der Waals surface area contributed by atoms with Crippen LogP contribution in [0.4, 0.5) is 0 Å². The second-order valence-corrected chi connectivity index (χ2v) is 13.2. The summed E-state index contributed by atoms with van der Waals surface area (Å²) in [5.74, 6) is -2.61. The molecular formula is C21H18AsBrO4. The van der Waals surface area contributed by atoms with E-state index in [1.54, 1.807) is 0 Å². The van der Waals surface area contributed by atoms with Crippen molar-refractivity contribution in [2.75, 3.05) is 0 Å². The minimum absolute atomic E-state index is 0. The van der Waals surface area contributed by atoms with Gasteiger partial charge in [0.25, 0.3) is 0 Å². The monoisotopic (exact) mass is 488 g/mol. The summed E-state index contributed by atoms with van der Waals surface area (Å²) in [6, 6.07) is 27.6. The average molecular weight is 489 g/mol. The summed E-state index contributed by atoms with van der Waals surface area (Å²) in [5.41, 5.74) is 0. The van der Waals surface area contributed by atoms with Crippen LogP contribution in [0.25, 0.3) is 0 Å². The van der Waals surface area contributed by atoms with Gasteiger partial charge >= 0.3 is 154 Å². The van der Waals surface area contributed by atoms with Gasteiger partial charge in [0.2, 0.25) is 0 Å². The fourth-order valence-corrected chi connectivity index (χ4v) is 12.5. The van der Waals surface area contributed by atoms with E-state index in [1.807, 2.05) is 91.0 Å². The molecule has 3 aromatic rings. The maximum Gasteiger partial charge on any atom is -1.00 e. The second-order valence-electron chi connectivity index (χ2n) is 5.81. The molecule has 0 aliphatic rings. The Morgan fingerprint density at radius 1 is 0.593 bits per heavy atom. The van der Waals surface area contributed by atoms with Crippen LogP contribution in [0.15, 0.2) is 91.0 Å². The molecule has 4 nitrogen and oxygen atoms in total. The number of carboxylic acids is 2. The van der Waals surface area contributed by atoms with Crippen LogP contribution in [-0.4, -0.2) is 35.7 Å². The van der Waals surface area contributed by atoms with Crippen molar-refractivity contribution in [3.63, 3.8) is 0 Å². The summed E-state index contributed by atoms with van der Waals surface area (Å²) in [4.78, 5) is 24.3. The molecule has 0 heterocycles. The van der Waals surface area contributed by atoms with E-state index in [0.29, 0.717) is 0 Å².